The monoisotopic (exact) mass is 278 g/mol. The maximum Gasteiger partial charge on any atom is 0.406 e. The number of rotatable bonds is 4. The topological polar surface area (TPSA) is 64.2 Å². The molecule has 0 saturated carbocycles. The van der Waals surface area contributed by atoms with Crippen LogP contribution in [-0.4, -0.2) is 39.4 Å². The van der Waals surface area contributed by atoms with E-state index in [2.05, 4.69) is 5.10 Å². The molecule has 1 aromatic rings. The second-order valence-corrected chi connectivity index (χ2v) is 4.60. The standard InChI is InChI=1S/C11H17F3N4O/c1-7(2)18(6-11(12,13)14)10(19)9(15)8-4-16-17(3)5-8/h4-5,7,9H,6,15H2,1-3H3. The Kier molecular flexibility index (Phi) is 4.56. The number of hydrogen-bond donors (Lipinski definition) is 1. The van der Waals surface area contributed by atoms with Gasteiger partial charge in [0.1, 0.15) is 12.6 Å². The average molecular weight is 278 g/mol. The molecular formula is C11H17F3N4O. The Morgan fingerprint density at radius 2 is 2.11 bits per heavy atom. The predicted octanol–water partition coefficient (Wildman–Crippen LogP) is 1.22. The third-order valence-electron chi connectivity index (χ3n) is 2.61. The van der Waals surface area contributed by atoms with Crippen molar-refractivity contribution in [2.75, 3.05) is 6.54 Å². The molecule has 0 saturated heterocycles. The summed E-state index contributed by atoms with van der Waals surface area (Å²) < 4.78 is 38.8. The summed E-state index contributed by atoms with van der Waals surface area (Å²) in [6.45, 7) is 1.72. The number of carbonyl (C=O) groups is 1. The third kappa shape index (κ3) is 4.23. The smallest absolute Gasteiger partial charge is 0.330 e. The molecule has 0 aliphatic carbocycles. The van der Waals surface area contributed by atoms with Gasteiger partial charge < -0.3 is 10.6 Å². The van der Waals surface area contributed by atoms with Gasteiger partial charge in [-0.15, -0.1) is 0 Å². The average Bonchev–Trinajstić information content (AvgIpc) is 2.69. The van der Waals surface area contributed by atoms with E-state index in [4.69, 9.17) is 5.73 Å². The number of hydrogen-bond acceptors (Lipinski definition) is 3. The minimum atomic E-state index is -4.45. The van der Waals surface area contributed by atoms with Gasteiger partial charge >= 0.3 is 6.18 Å². The number of aromatic nitrogens is 2. The Labute approximate surface area is 109 Å². The molecule has 5 nitrogen and oxygen atoms in total. The van der Waals surface area contributed by atoms with Gasteiger partial charge in [0, 0.05) is 24.8 Å². The highest BCUT2D eigenvalue weighted by atomic mass is 19.4. The summed E-state index contributed by atoms with van der Waals surface area (Å²) in [5.41, 5.74) is 6.09. The number of amides is 1. The molecule has 0 aromatic carbocycles. The number of halogens is 3. The quantitative estimate of drug-likeness (QED) is 0.900. The lowest BCUT2D eigenvalue weighted by Crippen LogP contribution is -2.47. The summed E-state index contributed by atoms with van der Waals surface area (Å²) in [6, 6.07) is -1.73. The van der Waals surface area contributed by atoms with Gasteiger partial charge in [-0.2, -0.15) is 18.3 Å². The number of carbonyl (C=O) groups excluding carboxylic acids is 1. The number of alkyl halides is 3. The molecule has 8 heteroatoms. The molecule has 0 radical (unpaired) electrons. The summed E-state index contributed by atoms with van der Waals surface area (Å²) >= 11 is 0. The van der Waals surface area contributed by atoms with Crippen molar-refractivity contribution in [2.45, 2.75) is 32.1 Å². The Bertz CT molecular complexity index is 441. The minimum Gasteiger partial charge on any atom is -0.330 e. The molecule has 108 valence electrons. The van der Waals surface area contributed by atoms with Crippen LogP contribution in [0.15, 0.2) is 12.4 Å². The first-order valence-electron chi connectivity index (χ1n) is 5.73. The van der Waals surface area contributed by atoms with Crippen LogP contribution in [0.1, 0.15) is 25.5 Å². The highest BCUT2D eigenvalue weighted by Crippen LogP contribution is 2.21. The molecule has 0 spiro atoms. The molecule has 0 bridgehead atoms. The Balaban J connectivity index is 2.88. The normalized spacial score (nSPS) is 13.7. The summed E-state index contributed by atoms with van der Waals surface area (Å²) in [5, 5.41) is 3.84. The zero-order chi connectivity index (χ0) is 14.8. The molecule has 0 fully saturated rings. The van der Waals surface area contributed by atoms with Crippen LogP contribution in [0.25, 0.3) is 0 Å². The zero-order valence-corrected chi connectivity index (χ0v) is 11.0. The van der Waals surface area contributed by atoms with Crippen molar-refractivity contribution in [1.82, 2.24) is 14.7 Å². The lowest BCUT2D eigenvalue weighted by molar-refractivity contribution is -0.165. The van der Waals surface area contributed by atoms with E-state index in [1.165, 1.54) is 30.9 Å². The van der Waals surface area contributed by atoms with E-state index in [9.17, 15) is 18.0 Å². The highest BCUT2D eigenvalue weighted by molar-refractivity contribution is 5.83. The fourth-order valence-electron chi connectivity index (χ4n) is 1.63. The van der Waals surface area contributed by atoms with E-state index in [0.717, 1.165) is 4.90 Å². The van der Waals surface area contributed by atoms with Crippen molar-refractivity contribution in [3.8, 4) is 0 Å². The maximum atomic E-state index is 12.4. The van der Waals surface area contributed by atoms with Crippen molar-refractivity contribution >= 4 is 5.91 Å². The summed E-state index contributed by atoms with van der Waals surface area (Å²) in [7, 11) is 1.64. The van der Waals surface area contributed by atoms with Gasteiger partial charge in [0.2, 0.25) is 5.91 Å². The van der Waals surface area contributed by atoms with Gasteiger partial charge in [-0.05, 0) is 13.8 Å². The zero-order valence-electron chi connectivity index (χ0n) is 11.0. The van der Waals surface area contributed by atoms with Crippen molar-refractivity contribution in [3.05, 3.63) is 18.0 Å². The van der Waals surface area contributed by atoms with Crippen molar-refractivity contribution in [3.63, 3.8) is 0 Å². The molecule has 1 atom stereocenters. The van der Waals surface area contributed by atoms with Crippen molar-refractivity contribution in [1.29, 1.82) is 0 Å². The maximum absolute atomic E-state index is 12.4. The van der Waals surface area contributed by atoms with Crippen LogP contribution in [0.2, 0.25) is 0 Å². The number of aryl methyl sites for hydroxylation is 1. The van der Waals surface area contributed by atoms with E-state index in [1.807, 2.05) is 0 Å². The van der Waals surface area contributed by atoms with Crippen LogP contribution in [0, 0.1) is 0 Å². The summed E-state index contributed by atoms with van der Waals surface area (Å²) in [6.07, 6.45) is -1.57. The van der Waals surface area contributed by atoms with E-state index >= 15 is 0 Å². The van der Waals surface area contributed by atoms with E-state index in [0.29, 0.717) is 5.56 Å². The molecule has 0 aliphatic rings. The van der Waals surface area contributed by atoms with Crippen LogP contribution in [0.4, 0.5) is 13.2 Å². The molecule has 1 rings (SSSR count). The van der Waals surface area contributed by atoms with Crippen LogP contribution >= 0.6 is 0 Å². The van der Waals surface area contributed by atoms with Crippen LogP contribution in [-0.2, 0) is 11.8 Å². The van der Waals surface area contributed by atoms with Gasteiger partial charge in [0.05, 0.1) is 6.20 Å². The first-order valence-corrected chi connectivity index (χ1v) is 5.73. The van der Waals surface area contributed by atoms with Gasteiger partial charge in [-0.25, -0.2) is 0 Å². The molecule has 19 heavy (non-hydrogen) atoms. The van der Waals surface area contributed by atoms with Crippen LogP contribution in [0.5, 0.6) is 0 Å². The first-order chi connectivity index (χ1) is 8.61. The molecule has 1 unspecified atom stereocenters. The molecular weight excluding hydrogens is 261 g/mol. The molecule has 2 N–H and O–H groups in total. The largest absolute Gasteiger partial charge is 0.406 e. The lowest BCUT2D eigenvalue weighted by Gasteiger charge is -2.29. The van der Waals surface area contributed by atoms with Gasteiger partial charge in [-0.1, -0.05) is 0 Å². The van der Waals surface area contributed by atoms with Crippen LogP contribution in [0.3, 0.4) is 0 Å². The van der Waals surface area contributed by atoms with E-state index < -0.39 is 30.7 Å². The Morgan fingerprint density at radius 3 is 2.47 bits per heavy atom. The fourth-order valence-corrected chi connectivity index (χ4v) is 1.63. The Hall–Kier alpha value is -1.57. The second-order valence-electron chi connectivity index (χ2n) is 4.60. The molecule has 1 heterocycles. The third-order valence-corrected chi connectivity index (χ3v) is 2.61. The van der Waals surface area contributed by atoms with Crippen molar-refractivity contribution < 1.29 is 18.0 Å². The summed E-state index contributed by atoms with van der Waals surface area (Å²) in [4.78, 5) is 12.8. The molecule has 0 aliphatic heterocycles. The van der Waals surface area contributed by atoms with E-state index in [-0.39, 0.29) is 0 Å². The summed E-state index contributed by atoms with van der Waals surface area (Å²) in [5.74, 6) is -0.764. The molecule has 1 amide bonds. The second kappa shape index (κ2) is 5.60. The van der Waals surface area contributed by atoms with E-state index in [1.54, 1.807) is 7.05 Å². The first kappa shape index (κ1) is 15.5. The highest BCUT2D eigenvalue weighted by Gasteiger charge is 2.36. The lowest BCUT2D eigenvalue weighted by atomic mass is 10.1. The SMILES string of the molecule is CC(C)N(CC(F)(F)F)C(=O)C(N)c1cnn(C)c1. The minimum absolute atomic E-state index is 0.389. The van der Waals surface area contributed by atoms with Gasteiger partial charge in [0.25, 0.3) is 0 Å². The number of nitrogens with two attached hydrogens (primary N) is 1. The Morgan fingerprint density at radius 1 is 1.53 bits per heavy atom. The van der Waals surface area contributed by atoms with Gasteiger partial charge in [0.15, 0.2) is 0 Å². The van der Waals surface area contributed by atoms with Crippen LogP contribution < -0.4 is 5.73 Å². The number of nitrogens with zero attached hydrogens (tertiary/aromatic N) is 3. The van der Waals surface area contributed by atoms with Gasteiger partial charge in [-0.3, -0.25) is 9.48 Å². The van der Waals surface area contributed by atoms with Crippen molar-refractivity contribution in [2.24, 2.45) is 12.8 Å². The molecule has 1 aromatic heterocycles. The fraction of sp³-hybridized carbons (Fsp3) is 0.636. The predicted molar refractivity (Wildman–Crippen MR) is 63.0 cm³/mol.